The SMILES string of the molecule is CC(C)(C)OCCC(NC(=O)c1ccc(F)cn1)C(=O)O. The average molecular weight is 298 g/mol. The predicted molar refractivity (Wildman–Crippen MR) is 73.4 cm³/mol. The molecule has 1 atom stereocenters. The van der Waals surface area contributed by atoms with Gasteiger partial charge in [-0.15, -0.1) is 0 Å². The van der Waals surface area contributed by atoms with Gasteiger partial charge in [-0.25, -0.2) is 14.2 Å². The Hall–Kier alpha value is -2.02. The fourth-order valence-corrected chi connectivity index (χ4v) is 1.48. The number of carbonyl (C=O) groups is 2. The van der Waals surface area contributed by atoms with Crippen molar-refractivity contribution in [2.24, 2.45) is 0 Å². The Balaban J connectivity index is 2.59. The van der Waals surface area contributed by atoms with Crippen molar-refractivity contribution in [2.75, 3.05) is 6.61 Å². The summed E-state index contributed by atoms with van der Waals surface area (Å²) in [6.07, 6.45) is 1.02. The van der Waals surface area contributed by atoms with Crippen LogP contribution in [0.3, 0.4) is 0 Å². The summed E-state index contributed by atoms with van der Waals surface area (Å²) in [5.41, 5.74) is -0.426. The topological polar surface area (TPSA) is 88.5 Å². The van der Waals surface area contributed by atoms with Crippen molar-refractivity contribution in [1.82, 2.24) is 10.3 Å². The van der Waals surface area contributed by atoms with E-state index in [1.165, 1.54) is 6.07 Å². The Labute approximate surface area is 122 Å². The molecule has 1 amide bonds. The quantitative estimate of drug-likeness (QED) is 0.833. The van der Waals surface area contributed by atoms with Crippen molar-refractivity contribution in [3.05, 3.63) is 29.8 Å². The van der Waals surface area contributed by atoms with Crippen LogP contribution in [0.15, 0.2) is 18.3 Å². The summed E-state index contributed by atoms with van der Waals surface area (Å²) in [5, 5.41) is 11.4. The Morgan fingerprint density at radius 2 is 2.10 bits per heavy atom. The van der Waals surface area contributed by atoms with Crippen LogP contribution in [0.25, 0.3) is 0 Å². The fraction of sp³-hybridized carbons (Fsp3) is 0.500. The van der Waals surface area contributed by atoms with Gasteiger partial charge in [-0.3, -0.25) is 4.79 Å². The van der Waals surface area contributed by atoms with Crippen LogP contribution in [0.5, 0.6) is 0 Å². The minimum Gasteiger partial charge on any atom is -0.480 e. The van der Waals surface area contributed by atoms with Crippen LogP contribution in [0, 0.1) is 5.82 Å². The van der Waals surface area contributed by atoms with Crippen LogP contribution < -0.4 is 5.32 Å². The van der Waals surface area contributed by atoms with Crippen molar-refractivity contribution in [3.63, 3.8) is 0 Å². The van der Waals surface area contributed by atoms with E-state index in [9.17, 15) is 14.0 Å². The number of nitrogens with one attached hydrogen (secondary N) is 1. The largest absolute Gasteiger partial charge is 0.480 e. The number of hydrogen-bond acceptors (Lipinski definition) is 4. The second kappa shape index (κ2) is 7.12. The standard InChI is InChI=1S/C14H19FN2O4/c1-14(2,3)21-7-6-11(13(19)20)17-12(18)10-5-4-9(15)8-16-10/h4-5,8,11H,6-7H2,1-3H3,(H,17,18)(H,19,20). The number of rotatable bonds is 6. The number of carboxylic acid groups (broad SMARTS) is 1. The van der Waals surface area contributed by atoms with Crippen molar-refractivity contribution in [1.29, 1.82) is 0 Å². The molecule has 21 heavy (non-hydrogen) atoms. The Kier molecular flexibility index (Phi) is 5.78. The number of halogens is 1. The molecule has 1 aromatic rings. The lowest BCUT2D eigenvalue weighted by Crippen LogP contribution is -2.42. The molecule has 1 aromatic heterocycles. The molecular weight excluding hydrogens is 279 g/mol. The van der Waals surface area contributed by atoms with Gasteiger partial charge < -0.3 is 15.2 Å². The lowest BCUT2D eigenvalue weighted by molar-refractivity contribution is -0.140. The lowest BCUT2D eigenvalue weighted by atomic mass is 10.1. The van der Waals surface area contributed by atoms with E-state index < -0.39 is 23.7 Å². The first-order chi connectivity index (χ1) is 9.69. The van der Waals surface area contributed by atoms with E-state index in [2.05, 4.69) is 10.3 Å². The van der Waals surface area contributed by atoms with Gasteiger partial charge >= 0.3 is 5.97 Å². The van der Waals surface area contributed by atoms with E-state index in [1.54, 1.807) is 0 Å². The minimum atomic E-state index is -1.16. The molecular formula is C14H19FN2O4. The highest BCUT2D eigenvalue weighted by atomic mass is 19.1. The summed E-state index contributed by atoms with van der Waals surface area (Å²) < 4.78 is 18.1. The van der Waals surface area contributed by atoms with Crippen molar-refractivity contribution < 1.29 is 23.8 Å². The average Bonchev–Trinajstić information content (AvgIpc) is 2.36. The molecule has 2 N–H and O–H groups in total. The van der Waals surface area contributed by atoms with Crippen LogP contribution in [0.1, 0.15) is 37.7 Å². The van der Waals surface area contributed by atoms with Gasteiger partial charge in [0.2, 0.25) is 0 Å². The predicted octanol–water partition coefficient (Wildman–Crippen LogP) is 1.61. The summed E-state index contributed by atoms with van der Waals surface area (Å²) >= 11 is 0. The zero-order chi connectivity index (χ0) is 16.0. The zero-order valence-corrected chi connectivity index (χ0v) is 12.2. The minimum absolute atomic E-state index is 0.0422. The molecule has 116 valence electrons. The highest BCUT2D eigenvalue weighted by molar-refractivity contribution is 5.94. The van der Waals surface area contributed by atoms with Crippen molar-refractivity contribution in [3.8, 4) is 0 Å². The molecule has 0 aliphatic heterocycles. The Bertz CT molecular complexity index is 497. The first-order valence-electron chi connectivity index (χ1n) is 6.48. The van der Waals surface area contributed by atoms with Gasteiger partial charge in [0, 0.05) is 13.0 Å². The second-order valence-corrected chi connectivity index (χ2v) is 5.48. The van der Waals surface area contributed by atoms with Crippen LogP contribution >= 0.6 is 0 Å². The third-order valence-electron chi connectivity index (χ3n) is 2.51. The van der Waals surface area contributed by atoms with E-state index in [1.807, 2.05) is 20.8 Å². The molecule has 0 bridgehead atoms. The Morgan fingerprint density at radius 3 is 2.57 bits per heavy atom. The maximum Gasteiger partial charge on any atom is 0.326 e. The second-order valence-electron chi connectivity index (χ2n) is 5.48. The maximum atomic E-state index is 12.7. The number of amides is 1. The molecule has 0 saturated carbocycles. The molecule has 0 aromatic carbocycles. The number of hydrogen-bond donors (Lipinski definition) is 2. The molecule has 0 radical (unpaired) electrons. The van der Waals surface area contributed by atoms with Crippen LogP contribution in [0.2, 0.25) is 0 Å². The molecule has 1 unspecified atom stereocenters. The molecule has 0 aliphatic carbocycles. The van der Waals surface area contributed by atoms with Gasteiger partial charge in [0.1, 0.15) is 17.6 Å². The summed E-state index contributed by atoms with van der Waals surface area (Å²) in [5.74, 6) is -2.40. The van der Waals surface area contributed by atoms with Gasteiger partial charge in [0.05, 0.1) is 11.8 Å². The van der Waals surface area contributed by atoms with E-state index >= 15 is 0 Å². The van der Waals surface area contributed by atoms with Crippen molar-refractivity contribution >= 4 is 11.9 Å². The van der Waals surface area contributed by atoms with Crippen LogP contribution in [-0.2, 0) is 9.53 Å². The third-order valence-corrected chi connectivity index (χ3v) is 2.51. The summed E-state index contributed by atoms with van der Waals surface area (Å²) in [6, 6.07) is 1.18. The van der Waals surface area contributed by atoms with Gasteiger partial charge in [-0.1, -0.05) is 0 Å². The molecule has 1 rings (SSSR count). The molecule has 0 spiro atoms. The van der Waals surface area contributed by atoms with E-state index in [0.717, 1.165) is 12.3 Å². The molecule has 1 heterocycles. The van der Waals surface area contributed by atoms with E-state index in [-0.39, 0.29) is 24.3 Å². The molecule has 0 aliphatic rings. The Morgan fingerprint density at radius 1 is 1.43 bits per heavy atom. The highest BCUT2D eigenvalue weighted by Crippen LogP contribution is 2.08. The number of carbonyl (C=O) groups excluding carboxylic acids is 1. The molecule has 7 heteroatoms. The number of aromatic nitrogens is 1. The monoisotopic (exact) mass is 298 g/mol. The first kappa shape index (κ1) is 17.0. The van der Waals surface area contributed by atoms with E-state index in [0.29, 0.717) is 0 Å². The molecule has 6 nitrogen and oxygen atoms in total. The number of ether oxygens (including phenoxy) is 1. The van der Waals surface area contributed by atoms with Gasteiger partial charge in [0.15, 0.2) is 0 Å². The number of nitrogens with zero attached hydrogens (tertiary/aromatic N) is 1. The zero-order valence-electron chi connectivity index (χ0n) is 12.2. The number of aliphatic carboxylic acids is 1. The highest BCUT2D eigenvalue weighted by Gasteiger charge is 2.22. The van der Waals surface area contributed by atoms with E-state index in [4.69, 9.17) is 9.84 Å². The van der Waals surface area contributed by atoms with Gasteiger partial charge in [-0.05, 0) is 32.9 Å². The van der Waals surface area contributed by atoms with Crippen LogP contribution in [0.4, 0.5) is 4.39 Å². The summed E-state index contributed by atoms with van der Waals surface area (Å²) in [7, 11) is 0. The molecule has 0 saturated heterocycles. The lowest BCUT2D eigenvalue weighted by Gasteiger charge is -2.21. The maximum absolute atomic E-state index is 12.7. The molecule has 0 fully saturated rings. The fourth-order valence-electron chi connectivity index (χ4n) is 1.48. The van der Waals surface area contributed by atoms with Gasteiger partial charge in [0.25, 0.3) is 5.91 Å². The van der Waals surface area contributed by atoms with Crippen molar-refractivity contribution in [2.45, 2.75) is 38.8 Å². The smallest absolute Gasteiger partial charge is 0.326 e. The number of pyridine rings is 1. The van der Waals surface area contributed by atoms with Gasteiger partial charge in [-0.2, -0.15) is 0 Å². The third kappa shape index (κ3) is 6.31. The normalized spacial score (nSPS) is 12.8. The number of carboxylic acids is 1. The summed E-state index contributed by atoms with van der Waals surface area (Å²) in [4.78, 5) is 26.6. The summed E-state index contributed by atoms with van der Waals surface area (Å²) in [6.45, 7) is 5.75. The first-order valence-corrected chi connectivity index (χ1v) is 6.48. The van der Waals surface area contributed by atoms with Crippen LogP contribution in [-0.4, -0.2) is 40.2 Å².